The SMILES string of the molecule is Nc1ccc(-n2cnc3cc(C=O)sc3c2=O)cc1. The number of thiophene rings is 1. The molecular formula is C13H9N3O2S. The fourth-order valence-corrected chi connectivity index (χ4v) is 2.66. The van der Waals surface area contributed by atoms with Crippen molar-refractivity contribution in [2.45, 2.75) is 0 Å². The highest BCUT2D eigenvalue weighted by Crippen LogP contribution is 2.19. The van der Waals surface area contributed by atoms with E-state index in [-0.39, 0.29) is 5.56 Å². The molecule has 0 spiro atoms. The molecule has 1 aromatic carbocycles. The van der Waals surface area contributed by atoms with Crippen LogP contribution in [0.15, 0.2) is 41.5 Å². The normalized spacial score (nSPS) is 10.7. The lowest BCUT2D eigenvalue weighted by Crippen LogP contribution is -2.17. The molecule has 0 radical (unpaired) electrons. The third-order valence-corrected chi connectivity index (χ3v) is 3.78. The van der Waals surface area contributed by atoms with Gasteiger partial charge in [-0.2, -0.15) is 0 Å². The maximum absolute atomic E-state index is 12.3. The summed E-state index contributed by atoms with van der Waals surface area (Å²) in [5, 5.41) is 0. The molecule has 0 aliphatic rings. The van der Waals surface area contributed by atoms with Crippen LogP contribution in [0.4, 0.5) is 5.69 Å². The first kappa shape index (κ1) is 11.6. The van der Waals surface area contributed by atoms with E-state index in [1.807, 2.05) is 0 Å². The Bertz CT molecular complexity index is 818. The summed E-state index contributed by atoms with van der Waals surface area (Å²) in [6.45, 7) is 0. The standard InChI is InChI=1S/C13H9N3O2S/c14-8-1-3-9(4-2-8)16-7-15-11-5-10(6-17)19-12(11)13(16)18/h1-7H,14H2. The van der Waals surface area contributed by atoms with Crippen molar-refractivity contribution in [3.05, 3.63) is 51.9 Å². The predicted molar refractivity (Wildman–Crippen MR) is 75.0 cm³/mol. The van der Waals surface area contributed by atoms with Gasteiger partial charge < -0.3 is 5.73 Å². The molecule has 0 fully saturated rings. The molecule has 94 valence electrons. The van der Waals surface area contributed by atoms with Crippen molar-refractivity contribution in [1.29, 1.82) is 0 Å². The van der Waals surface area contributed by atoms with Crippen LogP contribution >= 0.6 is 11.3 Å². The smallest absolute Gasteiger partial charge is 0.275 e. The molecular weight excluding hydrogens is 262 g/mol. The number of hydrogen-bond acceptors (Lipinski definition) is 5. The molecule has 3 aromatic rings. The second-order valence-electron chi connectivity index (χ2n) is 3.99. The number of aromatic nitrogens is 2. The fraction of sp³-hybridized carbons (Fsp3) is 0. The van der Waals surface area contributed by atoms with Crippen LogP contribution in [0, 0.1) is 0 Å². The largest absolute Gasteiger partial charge is 0.399 e. The minimum Gasteiger partial charge on any atom is -0.399 e. The van der Waals surface area contributed by atoms with Crippen molar-refractivity contribution in [2.24, 2.45) is 0 Å². The first-order chi connectivity index (χ1) is 9.19. The average Bonchev–Trinajstić information content (AvgIpc) is 2.85. The first-order valence-corrected chi connectivity index (χ1v) is 6.33. The molecule has 19 heavy (non-hydrogen) atoms. The van der Waals surface area contributed by atoms with E-state index in [0.717, 1.165) is 17.6 Å². The van der Waals surface area contributed by atoms with Gasteiger partial charge in [0.05, 0.1) is 16.1 Å². The molecule has 0 aliphatic heterocycles. The molecule has 6 heteroatoms. The van der Waals surface area contributed by atoms with Crippen LogP contribution in [0.2, 0.25) is 0 Å². The fourth-order valence-electron chi connectivity index (χ4n) is 1.81. The third kappa shape index (κ3) is 1.92. The van der Waals surface area contributed by atoms with Gasteiger partial charge >= 0.3 is 0 Å². The molecule has 2 N–H and O–H groups in total. The number of fused-ring (bicyclic) bond motifs is 1. The number of rotatable bonds is 2. The summed E-state index contributed by atoms with van der Waals surface area (Å²) in [6.07, 6.45) is 2.18. The quantitative estimate of drug-likeness (QED) is 0.570. The van der Waals surface area contributed by atoms with Crippen molar-refractivity contribution in [1.82, 2.24) is 9.55 Å². The molecule has 2 heterocycles. The van der Waals surface area contributed by atoms with E-state index in [2.05, 4.69) is 4.98 Å². The summed E-state index contributed by atoms with van der Waals surface area (Å²) in [5.74, 6) is 0. The van der Waals surface area contributed by atoms with Crippen LogP contribution in [-0.2, 0) is 0 Å². The Labute approximate surface area is 111 Å². The van der Waals surface area contributed by atoms with Crippen molar-refractivity contribution < 1.29 is 4.79 Å². The molecule has 0 amide bonds. The van der Waals surface area contributed by atoms with E-state index < -0.39 is 0 Å². The number of hydrogen-bond donors (Lipinski definition) is 1. The molecule has 5 nitrogen and oxygen atoms in total. The highest BCUT2D eigenvalue weighted by atomic mass is 32.1. The zero-order valence-electron chi connectivity index (χ0n) is 9.74. The van der Waals surface area contributed by atoms with Gasteiger partial charge in [-0.3, -0.25) is 14.2 Å². The number of nitrogens with two attached hydrogens (primary N) is 1. The van der Waals surface area contributed by atoms with Gasteiger partial charge in [0.25, 0.3) is 5.56 Å². The molecule has 0 saturated carbocycles. The number of nitrogens with zero attached hydrogens (tertiary/aromatic N) is 2. The number of benzene rings is 1. The minimum atomic E-state index is -0.187. The van der Waals surface area contributed by atoms with Gasteiger partial charge in [-0.15, -0.1) is 11.3 Å². The summed E-state index contributed by atoms with van der Waals surface area (Å²) in [4.78, 5) is 27.8. The van der Waals surface area contributed by atoms with Gasteiger partial charge in [-0.05, 0) is 30.3 Å². The average molecular weight is 271 g/mol. The third-order valence-electron chi connectivity index (χ3n) is 2.74. The zero-order chi connectivity index (χ0) is 13.4. The van der Waals surface area contributed by atoms with Crippen LogP contribution in [0.5, 0.6) is 0 Å². The maximum atomic E-state index is 12.3. The van der Waals surface area contributed by atoms with Crippen molar-refractivity contribution >= 4 is 33.5 Å². The Morgan fingerprint density at radius 3 is 2.68 bits per heavy atom. The summed E-state index contributed by atoms with van der Waals surface area (Å²) < 4.78 is 1.91. The van der Waals surface area contributed by atoms with Crippen molar-refractivity contribution in [2.75, 3.05) is 5.73 Å². The molecule has 3 rings (SSSR count). The Morgan fingerprint density at radius 1 is 1.26 bits per heavy atom. The summed E-state index contributed by atoms with van der Waals surface area (Å²) in [5.41, 5.74) is 7.29. The van der Waals surface area contributed by atoms with Crippen LogP contribution in [0.25, 0.3) is 15.9 Å². The van der Waals surface area contributed by atoms with Crippen LogP contribution in [-0.4, -0.2) is 15.8 Å². The Balaban J connectivity index is 2.25. The highest BCUT2D eigenvalue weighted by molar-refractivity contribution is 7.20. The number of carbonyl (C=O) groups is 1. The molecule has 0 aliphatic carbocycles. The van der Waals surface area contributed by atoms with Crippen LogP contribution in [0.3, 0.4) is 0 Å². The lowest BCUT2D eigenvalue weighted by Gasteiger charge is -2.04. The maximum Gasteiger partial charge on any atom is 0.275 e. The second-order valence-corrected chi connectivity index (χ2v) is 5.08. The van der Waals surface area contributed by atoms with Gasteiger partial charge in [0.15, 0.2) is 6.29 Å². The zero-order valence-corrected chi connectivity index (χ0v) is 10.6. The van der Waals surface area contributed by atoms with E-state index in [1.54, 1.807) is 30.3 Å². The van der Waals surface area contributed by atoms with Gasteiger partial charge in [-0.1, -0.05) is 0 Å². The molecule has 0 atom stereocenters. The molecule has 0 saturated heterocycles. The first-order valence-electron chi connectivity index (χ1n) is 5.51. The topological polar surface area (TPSA) is 78.0 Å². The predicted octanol–water partition coefficient (Wildman–Crippen LogP) is 1.84. The Hall–Kier alpha value is -2.47. The minimum absolute atomic E-state index is 0.187. The van der Waals surface area contributed by atoms with Crippen molar-refractivity contribution in [3.8, 4) is 5.69 Å². The summed E-state index contributed by atoms with van der Waals surface area (Å²) in [7, 11) is 0. The summed E-state index contributed by atoms with van der Waals surface area (Å²) in [6, 6.07) is 8.55. The van der Waals surface area contributed by atoms with Crippen molar-refractivity contribution in [3.63, 3.8) is 0 Å². The lowest BCUT2D eigenvalue weighted by molar-refractivity contribution is 0.112. The molecule has 0 unspecified atom stereocenters. The Kier molecular flexibility index (Phi) is 2.64. The van der Waals surface area contributed by atoms with E-state index >= 15 is 0 Å². The monoisotopic (exact) mass is 271 g/mol. The van der Waals surface area contributed by atoms with E-state index in [0.29, 0.717) is 26.5 Å². The lowest BCUT2D eigenvalue weighted by atomic mass is 10.3. The van der Waals surface area contributed by atoms with E-state index in [9.17, 15) is 9.59 Å². The number of nitrogen functional groups attached to an aromatic ring is 1. The second kappa shape index (κ2) is 4.33. The molecule has 2 aromatic heterocycles. The Morgan fingerprint density at radius 2 is 2.00 bits per heavy atom. The van der Waals surface area contributed by atoms with Gasteiger partial charge in [0.1, 0.15) is 11.0 Å². The van der Waals surface area contributed by atoms with Gasteiger partial charge in [0.2, 0.25) is 0 Å². The van der Waals surface area contributed by atoms with E-state index in [4.69, 9.17) is 5.73 Å². The van der Waals surface area contributed by atoms with Crippen LogP contribution in [0.1, 0.15) is 9.67 Å². The van der Waals surface area contributed by atoms with Gasteiger partial charge in [-0.25, -0.2) is 4.98 Å². The number of carbonyl (C=O) groups excluding carboxylic acids is 1. The van der Waals surface area contributed by atoms with Gasteiger partial charge in [0, 0.05) is 5.69 Å². The number of anilines is 1. The number of aldehydes is 1. The highest BCUT2D eigenvalue weighted by Gasteiger charge is 2.09. The summed E-state index contributed by atoms with van der Waals surface area (Å²) >= 11 is 1.15. The molecule has 0 bridgehead atoms. The van der Waals surface area contributed by atoms with E-state index in [1.165, 1.54) is 10.9 Å². The van der Waals surface area contributed by atoms with Crippen LogP contribution < -0.4 is 11.3 Å².